The van der Waals surface area contributed by atoms with Crippen molar-refractivity contribution in [2.75, 3.05) is 48.9 Å². The lowest BCUT2D eigenvalue weighted by atomic mass is 10.0. The predicted octanol–water partition coefficient (Wildman–Crippen LogP) is 3.90. The highest BCUT2D eigenvalue weighted by Gasteiger charge is 2.20. The number of hydrogen-bond acceptors (Lipinski definition) is 6. The van der Waals surface area contributed by atoms with Gasteiger partial charge in [-0.05, 0) is 47.5 Å². The second kappa shape index (κ2) is 7.68. The van der Waals surface area contributed by atoms with Crippen LogP contribution >= 0.6 is 0 Å². The van der Waals surface area contributed by atoms with Crippen molar-refractivity contribution < 1.29 is 14.3 Å². The van der Waals surface area contributed by atoms with E-state index in [0.29, 0.717) is 30.2 Å². The Kier molecular flexibility index (Phi) is 4.72. The molecule has 2 N–H and O–H groups in total. The average molecular weight is 402 g/mol. The van der Waals surface area contributed by atoms with E-state index in [1.807, 2.05) is 48.7 Å². The molecule has 0 atom stereocenters. The van der Waals surface area contributed by atoms with E-state index in [1.165, 1.54) is 0 Å². The van der Waals surface area contributed by atoms with E-state index in [-0.39, 0.29) is 5.91 Å². The van der Waals surface area contributed by atoms with Crippen LogP contribution < -0.4 is 20.3 Å². The summed E-state index contributed by atoms with van der Waals surface area (Å²) in [5.41, 5.74) is 4.86. The smallest absolute Gasteiger partial charge is 0.257 e. The molecule has 2 aliphatic rings. The number of hydrogen-bond donors (Lipinski definition) is 2. The Labute approximate surface area is 174 Å². The first kappa shape index (κ1) is 18.4. The molecule has 1 amide bonds. The van der Waals surface area contributed by atoms with Crippen molar-refractivity contribution in [3.05, 3.63) is 60.3 Å². The molecule has 1 fully saturated rings. The Balaban J connectivity index is 1.48. The van der Waals surface area contributed by atoms with Crippen LogP contribution in [-0.2, 0) is 4.74 Å². The third-order valence-electron chi connectivity index (χ3n) is 5.42. The Morgan fingerprint density at radius 3 is 2.57 bits per heavy atom. The number of carbonyl (C=O) groups is 1. The fraction of sp³-hybridized carbons (Fsp3) is 0.217. The highest BCUT2D eigenvalue weighted by atomic mass is 16.5. The first-order chi connectivity index (χ1) is 14.7. The van der Waals surface area contributed by atoms with Gasteiger partial charge in [-0.2, -0.15) is 0 Å². The molecule has 1 saturated heterocycles. The molecule has 30 heavy (non-hydrogen) atoms. The minimum Gasteiger partial charge on any atom is -0.497 e. The summed E-state index contributed by atoms with van der Waals surface area (Å²) in [5.74, 6) is 1.46. The second-order valence-corrected chi connectivity index (χ2v) is 7.25. The molecule has 0 spiro atoms. The predicted molar refractivity (Wildman–Crippen MR) is 117 cm³/mol. The van der Waals surface area contributed by atoms with Crippen LogP contribution in [0.2, 0.25) is 0 Å². The first-order valence-corrected chi connectivity index (χ1v) is 9.91. The van der Waals surface area contributed by atoms with Gasteiger partial charge in [0.2, 0.25) is 0 Å². The summed E-state index contributed by atoms with van der Waals surface area (Å²) >= 11 is 0. The molecule has 0 saturated carbocycles. The number of morpholine rings is 1. The highest BCUT2D eigenvalue weighted by molar-refractivity contribution is 6.12. The van der Waals surface area contributed by atoms with Crippen LogP contribution in [0.4, 0.5) is 22.9 Å². The van der Waals surface area contributed by atoms with E-state index in [4.69, 9.17) is 9.47 Å². The molecule has 7 heteroatoms. The van der Waals surface area contributed by atoms with Crippen molar-refractivity contribution in [1.29, 1.82) is 0 Å². The Morgan fingerprint density at radius 1 is 0.933 bits per heavy atom. The van der Waals surface area contributed by atoms with Crippen LogP contribution in [0.3, 0.4) is 0 Å². The quantitative estimate of drug-likeness (QED) is 0.692. The van der Waals surface area contributed by atoms with Crippen LogP contribution in [0.25, 0.3) is 11.1 Å². The van der Waals surface area contributed by atoms with Crippen molar-refractivity contribution in [1.82, 2.24) is 4.98 Å². The lowest BCUT2D eigenvalue weighted by Gasteiger charge is -2.28. The van der Waals surface area contributed by atoms with Gasteiger partial charge >= 0.3 is 0 Å². The average Bonchev–Trinajstić information content (AvgIpc) is 2.94. The third-order valence-corrected chi connectivity index (χ3v) is 5.42. The van der Waals surface area contributed by atoms with Crippen molar-refractivity contribution >= 4 is 28.8 Å². The number of benzene rings is 2. The van der Waals surface area contributed by atoms with Gasteiger partial charge < -0.3 is 25.0 Å². The molecular formula is C23H22N4O3. The molecule has 0 unspecified atom stereocenters. The van der Waals surface area contributed by atoms with Gasteiger partial charge in [-0.1, -0.05) is 6.07 Å². The number of rotatable bonds is 3. The number of fused-ring (bicyclic) bond motifs is 2. The number of aromatic nitrogens is 1. The van der Waals surface area contributed by atoms with Crippen molar-refractivity contribution in [2.24, 2.45) is 0 Å². The van der Waals surface area contributed by atoms with Crippen LogP contribution in [0.1, 0.15) is 10.4 Å². The summed E-state index contributed by atoms with van der Waals surface area (Å²) in [5, 5.41) is 6.33. The number of pyridine rings is 1. The first-order valence-electron chi connectivity index (χ1n) is 9.91. The van der Waals surface area contributed by atoms with Gasteiger partial charge in [0.05, 0.1) is 42.9 Å². The lowest BCUT2D eigenvalue weighted by Crippen LogP contribution is -2.36. The Morgan fingerprint density at radius 2 is 1.73 bits per heavy atom. The van der Waals surface area contributed by atoms with Gasteiger partial charge in [0.15, 0.2) is 0 Å². The topological polar surface area (TPSA) is 75.7 Å². The van der Waals surface area contributed by atoms with Crippen molar-refractivity contribution in [2.45, 2.75) is 0 Å². The zero-order valence-electron chi connectivity index (χ0n) is 16.6. The van der Waals surface area contributed by atoms with Gasteiger partial charge in [-0.3, -0.25) is 4.79 Å². The van der Waals surface area contributed by atoms with E-state index >= 15 is 0 Å². The molecule has 2 aromatic carbocycles. The SMILES string of the molecule is COc1ccc2c(c1)NC(=O)c1cc(-c3ccnc(N4CCOCC4)c3)ccc1N2. The molecular weight excluding hydrogens is 380 g/mol. The zero-order valence-corrected chi connectivity index (χ0v) is 16.6. The molecule has 3 aromatic rings. The standard InChI is InChI=1S/C23H22N4O3/c1-29-17-3-5-20-21(14-17)26-23(28)18-12-15(2-4-19(18)25-20)16-6-7-24-22(13-16)27-8-10-30-11-9-27/h2-7,12-14,25H,8-11H2,1H3,(H,26,28). The number of anilines is 4. The summed E-state index contributed by atoms with van der Waals surface area (Å²) in [6.45, 7) is 3.08. The normalized spacial score (nSPS) is 15.4. The summed E-state index contributed by atoms with van der Waals surface area (Å²) in [6.07, 6.45) is 1.81. The number of ether oxygens (including phenoxy) is 2. The molecule has 2 aliphatic heterocycles. The lowest BCUT2D eigenvalue weighted by molar-refractivity contribution is 0.102. The monoisotopic (exact) mass is 402 g/mol. The summed E-state index contributed by atoms with van der Waals surface area (Å²) in [7, 11) is 1.61. The van der Waals surface area contributed by atoms with E-state index in [9.17, 15) is 4.79 Å². The molecule has 7 nitrogen and oxygen atoms in total. The van der Waals surface area contributed by atoms with Gasteiger partial charge in [0, 0.05) is 25.4 Å². The van der Waals surface area contributed by atoms with E-state index in [1.54, 1.807) is 7.11 Å². The molecule has 0 radical (unpaired) electrons. The van der Waals surface area contributed by atoms with Crippen LogP contribution in [0.15, 0.2) is 54.7 Å². The van der Waals surface area contributed by atoms with Crippen molar-refractivity contribution in [3.63, 3.8) is 0 Å². The largest absolute Gasteiger partial charge is 0.497 e. The third kappa shape index (κ3) is 3.44. The fourth-order valence-electron chi connectivity index (χ4n) is 3.78. The van der Waals surface area contributed by atoms with Crippen LogP contribution in [-0.4, -0.2) is 44.3 Å². The number of nitrogens with one attached hydrogen (secondary N) is 2. The maximum atomic E-state index is 12.9. The van der Waals surface area contributed by atoms with Gasteiger partial charge in [-0.15, -0.1) is 0 Å². The highest BCUT2D eigenvalue weighted by Crippen LogP contribution is 2.36. The number of amides is 1. The van der Waals surface area contributed by atoms with Crippen LogP contribution in [0.5, 0.6) is 5.75 Å². The minimum absolute atomic E-state index is 0.159. The molecule has 0 aliphatic carbocycles. The summed E-state index contributed by atoms with van der Waals surface area (Å²) in [6, 6.07) is 15.5. The molecule has 152 valence electrons. The summed E-state index contributed by atoms with van der Waals surface area (Å²) in [4.78, 5) is 19.7. The summed E-state index contributed by atoms with van der Waals surface area (Å²) < 4.78 is 10.7. The molecule has 3 heterocycles. The van der Waals surface area contributed by atoms with Crippen LogP contribution in [0, 0.1) is 0 Å². The number of methoxy groups -OCH3 is 1. The Hall–Kier alpha value is -3.58. The maximum Gasteiger partial charge on any atom is 0.257 e. The van der Waals surface area contributed by atoms with E-state index in [0.717, 1.165) is 41.4 Å². The zero-order chi connectivity index (χ0) is 20.5. The van der Waals surface area contributed by atoms with Gasteiger partial charge in [-0.25, -0.2) is 4.98 Å². The molecule has 0 bridgehead atoms. The minimum atomic E-state index is -0.159. The number of nitrogens with zero attached hydrogens (tertiary/aromatic N) is 2. The van der Waals surface area contributed by atoms with Crippen molar-refractivity contribution in [3.8, 4) is 16.9 Å². The van der Waals surface area contributed by atoms with E-state index in [2.05, 4.69) is 26.6 Å². The Bertz CT molecular complexity index is 1110. The second-order valence-electron chi connectivity index (χ2n) is 7.25. The number of carbonyl (C=O) groups excluding carboxylic acids is 1. The molecule has 5 rings (SSSR count). The fourth-order valence-corrected chi connectivity index (χ4v) is 3.78. The maximum absolute atomic E-state index is 12.9. The van der Waals surface area contributed by atoms with Gasteiger partial charge in [0.25, 0.3) is 5.91 Å². The molecule has 1 aromatic heterocycles. The van der Waals surface area contributed by atoms with E-state index < -0.39 is 0 Å². The van der Waals surface area contributed by atoms with Gasteiger partial charge in [0.1, 0.15) is 11.6 Å².